The lowest BCUT2D eigenvalue weighted by Gasteiger charge is -2.24. The van der Waals surface area contributed by atoms with Crippen LogP contribution in [0.2, 0.25) is 0 Å². The Morgan fingerprint density at radius 2 is 2.00 bits per heavy atom. The van der Waals surface area contributed by atoms with Crippen molar-refractivity contribution in [2.45, 2.75) is 52.2 Å². The molecule has 1 aromatic heterocycles. The lowest BCUT2D eigenvalue weighted by atomic mass is 9.93. The minimum absolute atomic E-state index is 0.591. The molecule has 0 amide bonds. The first-order chi connectivity index (χ1) is 6.65. The summed E-state index contributed by atoms with van der Waals surface area (Å²) in [5, 5.41) is 14.2. The molecule has 14 heavy (non-hydrogen) atoms. The van der Waals surface area contributed by atoms with Crippen molar-refractivity contribution >= 4 is 0 Å². The lowest BCUT2D eigenvalue weighted by Crippen LogP contribution is -2.31. The predicted octanol–water partition coefficient (Wildman–Crippen LogP) is 1.39. The fourth-order valence-electron chi connectivity index (χ4n) is 1.48. The van der Waals surface area contributed by atoms with Crippen molar-refractivity contribution in [2.75, 3.05) is 0 Å². The first kappa shape index (κ1) is 11.2. The van der Waals surface area contributed by atoms with Crippen molar-refractivity contribution in [1.29, 1.82) is 0 Å². The van der Waals surface area contributed by atoms with Crippen molar-refractivity contribution in [1.82, 2.24) is 14.8 Å². The number of aromatic nitrogens is 3. The van der Waals surface area contributed by atoms with Crippen LogP contribution >= 0.6 is 0 Å². The van der Waals surface area contributed by atoms with Crippen LogP contribution in [0.4, 0.5) is 0 Å². The third-order valence-electron chi connectivity index (χ3n) is 2.80. The van der Waals surface area contributed by atoms with Crippen LogP contribution in [0.5, 0.6) is 0 Å². The predicted molar refractivity (Wildman–Crippen MR) is 54.9 cm³/mol. The van der Waals surface area contributed by atoms with Gasteiger partial charge in [-0.05, 0) is 19.8 Å². The van der Waals surface area contributed by atoms with E-state index in [4.69, 9.17) is 0 Å². The summed E-state index contributed by atoms with van der Waals surface area (Å²) in [6.45, 7) is 6.82. The standard InChI is InChI=1S/C10H19N3O/c1-4-10(14,5-2)7-9-11-8-12-13(9)6-3/h8,14H,4-7H2,1-3H3. The molecule has 0 fully saturated rings. The topological polar surface area (TPSA) is 50.9 Å². The van der Waals surface area contributed by atoms with E-state index in [1.165, 1.54) is 0 Å². The van der Waals surface area contributed by atoms with E-state index in [1.54, 1.807) is 6.33 Å². The van der Waals surface area contributed by atoms with Crippen LogP contribution < -0.4 is 0 Å². The second-order valence-corrected chi connectivity index (χ2v) is 3.60. The van der Waals surface area contributed by atoms with Crippen molar-refractivity contribution in [3.63, 3.8) is 0 Å². The molecule has 1 rings (SSSR count). The van der Waals surface area contributed by atoms with Crippen LogP contribution in [0.15, 0.2) is 6.33 Å². The molecule has 0 aromatic carbocycles. The minimum Gasteiger partial charge on any atom is -0.389 e. The molecule has 1 heterocycles. The number of nitrogens with zero attached hydrogens (tertiary/aromatic N) is 3. The number of aryl methyl sites for hydroxylation is 1. The summed E-state index contributed by atoms with van der Waals surface area (Å²) in [6, 6.07) is 0. The highest BCUT2D eigenvalue weighted by Crippen LogP contribution is 2.19. The summed E-state index contributed by atoms with van der Waals surface area (Å²) < 4.78 is 1.83. The molecule has 0 unspecified atom stereocenters. The third kappa shape index (κ3) is 2.32. The molecule has 0 saturated heterocycles. The van der Waals surface area contributed by atoms with E-state index in [0.29, 0.717) is 6.42 Å². The quantitative estimate of drug-likeness (QED) is 0.776. The average Bonchev–Trinajstić information content (AvgIpc) is 2.65. The Labute approximate surface area is 85.0 Å². The van der Waals surface area contributed by atoms with Gasteiger partial charge in [0.25, 0.3) is 0 Å². The Balaban J connectivity index is 2.76. The SMILES string of the molecule is CCn1ncnc1CC(O)(CC)CC. The van der Waals surface area contributed by atoms with Gasteiger partial charge >= 0.3 is 0 Å². The van der Waals surface area contributed by atoms with Crippen LogP contribution in [-0.2, 0) is 13.0 Å². The number of aliphatic hydroxyl groups is 1. The molecule has 0 aliphatic heterocycles. The maximum atomic E-state index is 10.1. The number of hydrogen-bond donors (Lipinski definition) is 1. The van der Waals surface area contributed by atoms with Crippen LogP contribution in [0.3, 0.4) is 0 Å². The minimum atomic E-state index is -0.625. The van der Waals surface area contributed by atoms with E-state index in [2.05, 4.69) is 10.1 Å². The summed E-state index contributed by atoms with van der Waals surface area (Å²) in [5.41, 5.74) is -0.625. The molecular formula is C10H19N3O. The van der Waals surface area contributed by atoms with Crippen molar-refractivity contribution < 1.29 is 5.11 Å². The van der Waals surface area contributed by atoms with Crippen molar-refractivity contribution in [2.24, 2.45) is 0 Å². The molecule has 1 aromatic rings. The van der Waals surface area contributed by atoms with E-state index in [0.717, 1.165) is 25.2 Å². The molecule has 80 valence electrons. The first-order valence-corrected chi connectivity index (χ1v) is 5.24. The Morgan fingerprint density at radius 3 is 2.50 bits per heavy atom. The molecule has 0 spiro atoms. The summed E-state index contributed by atoms with van der Waals surface area (Å²) in [5.74, 6) is 0.874. The normalized spacial score (nSPS) is 12.0. The van der Waals surface area contributed by atoms with Crippen LogP contribution in [0, 0.1) is 0 Å². The van der Waals surface area contributed by atoms with Crippen molar-refractivity contribution in [3.8, 4) is 0 Å². The highest BCUT2D eigenvalue weighted by atomic mass is 16.3. The Kier molecular flexibility index (Phi) is 3.63. The smallest absolute Gasteiger partial charge is 0.138 e. The van der Waals surface area contributed by atoms with E-state index in [9.17, 15) is 5.11 Å². The molecule has 4 nitrogen and oxygen atoms in total. The Bertz CT molecular complexity index is 279. The second-order valence-electron chi connectivity index (χ2n) is 3.60. The number of rotatable bonds is 5. The first-order valence-electron chi connectivity index (χ1n) is 5.24. The van der Waals surface area contributed by atoms with E-state index >= 15 is 0 Å². The van der Waals surface area contributed by atoms with Gasteiger partial charge in [0.1, 0.15) is 12.2 Å². The zero-order valence-electron chi connectivity index (χ0n) is 9.19. The van der Waals surface area contributed by atoms with Gasteiger partial charge in [-0.25, -0.2) is 4.98 Å². The summed E-state index contributed by atoms with van der Waals surface area (Å²) in [4.78, 5) is 4.16. The largest absolute Gasteiger partial charge is 0.389 e. The van der Waals surface area contributed by atoms with Crippen LogP contribution in [-0.4, -0.2) is 25.5 Å². The molecule has 1 N–H and O–H groups in total. The van der Waals surface area contributed by atoms with E-state index < -0.39 is 5.60 Å². The van der Waals surface area contributed by atoms with Gasteiger partial charge < -0.3 is 5.11 Å². The molecular weight excluding hydrogens is 178 g/mol. The lowest BCUT2D eigenvalue weighted by molar-refractivity contribution is 0.0297. The van der Waals surface area contributed by atoms with Crippen molar-refractivity contribution in [3.05, 3.63) is 12.2 Å². The fraction of sp³-hybridized carbons (Fsp3) is 0.800. The van der Waals surface area contributed by atoms with Gasteiger partial charge in [0.05, 0.1) is 5.60 Å². The molecule has 0 aliphatic carbocycles. The van der Waals surface area contributed by atoms with E-state index in [-0.39, 0.29) is 0 Å². The molecule has 0 aliphatic rings. The Morgan fingerprint density at radius 1 is 1.36 bits per heavy atom. The molecule has 4 heteroatoms. The van der Waals surface area contributed by atoms with Gasteiger partial charge in [-0.15, -0.1) is 0 Å². The average molecular weight is 197 g/mol. The van der Waals surface area contributed by atoms with Gasteiger partial charge in [-0.3, -0.25) is 4.68 Å². The zero-order chi connectivity index (χ0) is 10.6. The van der Waals surface area contributed by atoms with Gasteiger partial charge in [-0.1, -0.05) is 13.8 Å². The molecule has 0 saturated carbocycles. The van der Waals surface area contributed by atoms with Gasteiger partial charge in [-0.2, -0.15) is 5.10 Å². The Hall–Kier alpha value is -0.900. The molecule has 0 radical (unpaired) electrons. The monoisotopic (exact) mass is 197 g/mol. The summed E-state index contributed by atoms with van der Waals surface area (Å²) >= 11 is 0. The van der Waals surface area contributed by atoms with E-state index in [1.807, 2.05) is 25.5 Å². The fourth-order valence-corrected chi connectivity index (χ4v) is 1.48. The molecule has 0 bridgehead atoms. The van der Waals surface area contributed by atoms with Gasteiger partial charge in [0, 0.05) is 13.0 Å². The van der Waals surface area contributed by atoms with Gasteiger partial charge in [0.2, 0.25) is 0 Å². The molecule has 0 atom stereocenters. The maximum absolute atomic E-state index is 10.1. The zero-order valence-corrected chi connectivity index (χ0v) is 9.19. The number of hydrogen-bond acceptors (Lipinski definition) is 3. The highest BCUT2D eigenvalue weighted by Gasteiger charge is 2.24. The maximum Gasteiger partial charge on any atom is 0.138 e. The third-order valence-corrected chi connectivity index (χ3v) is 2.80. The summed E-state index contributed by atoms with van der Waals surface area (Å²) in [7, 11) is 0. The summed E-state index contributed by atoms with van der Waals surface area (Å²) in [6.07, 6.45) is 3.64. The van der Waals surface area contributed by atoms with Gasteiger partial charge in [0.15, 0.2) is 0 Å². The highest BCUT2D eigenvalue weighted by molar-refractivity contribution is 4.93. The second kappa shape index (κ2) is 4.55. The van der Waals surface area contributed by atoms with Crippen LogP contribution in [0.1, 0.15) is 39.4 Å². The van der Waals surface area contributed by atoms with Crippen LogP contribution in [0.25, 0.3) is 0 Å².